The molecule has 1 N–H and O–H groups in total. The van der Waals surface area contributed by atoms with Crippen molar-refractivity contribution in [3.8, 4) is 11.4 Å². The Kier molecular flexibility index (Phi) is 12.3. The van der Waals surface area contributed by atoms with Gasteiger partial charge in [0.15, 0.2) is 5.78 Å². The first-order valence-electron chi connectivity index (χ1n) is 9.58. The largest absolute Gasteiger partial charge is 3.00 e. The molecule has 0 radical (unpaired) electrons. The van der Waals surface area contributed by atoms with Crippen molar-refractivity contribution in [2.75, 3.05) is 11.9 Å². The van der Waals surface area contributed by atoms with Gasteiger partial charge >= 0.3 is 20.1 Å². The number of allylic oxidation sites excluding steroid dienone is 2. The molecule has 1 aromatic heterocycles. The van der Waals surface area contributed by atoms with Gasteiger partial charge in [-0.1, -0.05) is 0 Å². The molecular formula is C25H25IrN4O2. The van der Waals surface area contributed by atoms with Crippen LogP contribution in [0.1, 0.15) is 13.8 Å². The molecule has 0 unspecified atom stereocenters. The van der Waals surface area contributed by atoms with Gasteiger partial charge in [0.1, 0.15) is 0 Å². The average Bonchev–Trinajstić information content (AvgIpc) is 3.22. The zero-order valence-electron chi connectivity index (χ0n) is 18.1. The number of benzene rings is 2. The molecule has 0 aliphatic carbocycles. The minimum Gasteiger partial charge on any atom is -0.512 e. The number of hydrogen-bond donors (Lipinski definition) is 1. The Morgan fingerprint density at radius 2 is 1.66 bits per heavy atom. The Labute approximate surface area is 203 Å². The molecule has 7 heteroatoms. The van der Waals surface area contributed by atoms with Crippen molar-refractivity contribution >= 4 is 11.5 Å². The summed E-state index contributed by atoms with van der Waals surface area (Å²) < 4.78 is 0. The van der Waals surface area contributed by atoms with Gasteiger partial charge < -0.3 is 14.9 Å². The summed E-state index contributed by atoms with van der Waals surface area (Å²) in [6.45, 7) is 4.85. The maximum atomic E-state index is 10.0. The maximum absolute atomic E-state index is 10.0. The van der Waals surface area contributed by atoms with E-state index in [-0.39, 0.29) is 31.6 Å². The molecule has 166 valence electrons. The van der Waals surface area contributed by atoms with Crippen LogP contribution in [0.5, 0.6) is 0 Å². The molecule has 3 aromatic rings. The van der Waals surface area contributed by atoms with Crippen molar-refractivity contribution in [1.29, 1.82) is 0 Å². The molecule has 32 heavy (non-hydrogen) atoms. The number of hydrogen-bond acceptors (Lipinski definition) is 6. The maximum Gasteiger partial charge on any atom is 3.00 e. The fourth-order valence-corrected chi connectivity index (χ4v) is 2.40. The average molecular weight is 606 g/mol. The minimum absolute atomic E-state index is 0. The van der Waals surface area contributed by atoms with Crippen LogP contribution in [0.25, 0.3) is 11.4 Å². The van der Waals surface area contributed by atoms with Crippen molar-refractivity contribution < 1.29 is 30.0 Å². The SMILES string of the molecule is CC(=O)/C=C(/C)O.CN1C=CN(c2[c-]cccc2)[CH-]1.[Ir+3].[c-]1ccccc1-c1ncccn1. The van der Waals surface area contributed by atoms with E-state index >= 15 is 0 Å². The first-order valence-corrected chi connectivity index (χ1v) is 9.58. The Bertz CT molecular complexity index is 939. The second kappa shape index (κ2) is 14.7. The van der Waals surface area contributed by atoms with Crippen molar-refractivity contribution in [2.24, 2.45) is 0 Å². The summed E-state index contributed by atoms with van der Waals surface area (Å²) >= 11 is 0. The number of aliphatic hydroxyl groups excluding tert-OH is 1. The summed E-state index contributed by atoms with van der Waals surface area (Å²) in [6.07, 6.45) is 8.62. The normalized spacial score (nSPS) is 12.0. The van der Waals surface area contributed by atoms with Crippen molar-refractivity contribution in [3.05, 3.63) is 110 Å². The van der Waals surface area contributed by atoms with Crippen LogP contribution in [0.15, 0.2) is 91.2 Å². The number of carbonyl (C=O) groups is 1. The minimum atomic E-state index is -0.125. The van der Waals surface area contributed by atoms with E-state index in [9.17, 15) is 4.79 Å². The second-order valence-electron chi connectivity index (χ2n) is 6.48. The summed E-state index contributed by atoms with van der Waals surface area (Å²) in [5.74, 6) is 0.658. The fourth-order valence-electron chi connectivity index (χ4n) is 2.40. The van der Waals surface area contributed by atoms with Gasteiger partial charge in [-0.3, -0.25) is 14.8 Å². The van der Waals surface area contributed by atoms with Crippen LogP contribution < -0.4 is 4.90 Å². The molecule has 0 saturated carbocycles. The Morgan fingerprint density at radius 1 is 1.00 bits per heavy atom. The molecule has 1 aliphatic rings. The van der Waals surface area contributed by atoms with Crippen LogP contribution in [0.4, 0.5) is 5.69 Å². The Morgan fingerprint density at radius 3 is 2.09 bits per heavy atom. The summed E-state index contributed by atoms with van der Waals surface area (Å²) in [7, 11) is 2.00. The van der Waals surface area contributed by atoms with Gasteiger partial charge in [-0.15, -0.1) is 41.6 Å². The van der Waals surface area contributed by atoms with E-state index in [4.69, 9.17) is 5.11 Å². The number of rotatable bonds is 3. The fraction of sp³-hybridized carbons (Fsp3) is 0.120. The first kappa shape index (κ1) is 26.8. The molecule has 6 nitrogen and oxygen atoms in total. The van der Waals surface area contributed by atoms with E-state index in [2.05, 4.69) is 22.1 Å². The quantitative estimate of drug-likeness (QED) is 0.263. The number of carbonyl (C=O) groups excluding carboxylic acids is 1. The standard InChI is InChI=1S/C10H10N2.C10H7N2.C5H8O2.Ir/c1-11-7-8-12(9-11)10-5-3-2-4-6-10;1-2-5-9(6-3-1)10-11-7-4-8-12-10;1-4(6)3-5(2)7;/h2-5,7-9H,1H3;1-5,7-8H;3,6H,1-2H3;/q-2;-1;;+3/b;;4-3-;. The third-order valence-electron chi connectivity index (χ3n) is 3.67. The van der Waals surface area contributed by atoms with Crippen LogP contribution in [0.2, 0.25) is 0 Å². The van der Waals surface area contributed by atoms with Crippen LogP contribution in [0.3, 0.4) is 0 Å². The predicted molar refractivity (Wildman–Crippen MR) is 122 cm³/mol. The van der Waals surface area contributed by atoms with E-state index in [0.717, 1.165) is 17.1 Å². The van der Waals surface area contributed by atoms with E-state index in [1.807, 2.05) is 84.4 Å². The van der Waals surface area contributed by atoms with Crippen LogP contribution in [0, 0.1) is 18.8 Å². The van der Waals surface area contributed by atoms with E-state index in [0.29, 0.717) is 0 Å². The van der Waals surface area contributed by atoms with E-state index in [1.165, 1.54) is 19.9 Å². The molecule has 0 spiro atoms. The Hall–Kier alpha value is -3.28. The molecule has 4 rings (SSSR count). The molecule has 0 bridgehead atoms. The number of para-hydroxylation sites is 1. The monoisotopic (exact) mass is 606 g/mol. The summed E-state index contributed by atoms with van der Waals surface area (Å²) in [5.41, 5.74) is 2.00. The molecule has 1 aliphatic heterocycles. The third kappa shape index (κ3) is 10.2. The zero-order valence-corrected chi connectivity index (χ0v) is 20.5. The number of nitrogens with zero attached hydrogens (tertiary/aromatic N) is 4. The van der Waals surface area contributed by atoms with Gasteiger partial charge in [-0.05, 0) is 39.4 Å². The number of anilines is 1. The summed E-state index contributed by atoms with van der Waals surface area (Å²) in [6, 6.07) is 23.6. The van der Waals surface area contributed by atoms with Gasteiger partial charge in [-0.2, -0.15) is 37.0 Å². The van der Waals surface area contributed by atoms with Crippen LogP contribution in [-0.4, -0.2) is 32.8 Å². The first-order chi connectivity index (χ1) is 15.0. The van der Waals surface area contributed by atoms with E-state index in [1.54, 1.807) is 18.5 Å². The smallest absolute Gasteiger partial charge is 0.512 e. The zero-order chi connectivity index (χ0) is 22.5. The van der Waals surface area contributed by atoms with Gasteiger partial charge in [0, 0.05) is 18.5 Å². The number of aromatic nitrogens is 2. The summed E-state index contributed by atoms with van der Waals surface area (Å²) in [5, 5.41) is 8.36. The number of ketones is 1. The Balaban J connectivity index is 0.000000246. The molecular weight excluding hydrogens is 581 g/mol. The molecule has 2 aromatic carbocycles. The van der Waals surface area contributed by atoms with Gasteiger partial charge in [-0.25, -0.2) is 0 Å². The van der Waals surface area contributed by atoms with Gasteiger partial charge in [0.25, 0.3) is 0 Å². The topological polar surface area (TPSA) is 69.6 Å². The van der Waals surface area contributed by atoms with Gasteiger partial charge in [0.2, 0.25) is 0 Å². The van der Waals surface area contributed by atoms with E-state index < -0.39 is 0 Å². The van der Waals surface area contributed by atoms with Crippen molar-refractivity contribution in [3.63, 3.8) is 0 Å². The van der Waals surface area contributed by atoms with Crippen LogP contribution in [-0.2, 0) is 24.9 Å². The summed E-state index contributed by atoms with van der Waals surface area (Å²) in [4.78, 5) is 22.3. The second-order valence-corrected chi connectivity index (χ2v) is 6.48. The number of aliphatic hydroxyl groups is 1. The molecule has 2 heterocycles. The predicted octanol–water partition coefficient (Wildman–Crippen LogP) is 4.81. The molecule has 0 fully saturated rings. The van der Waals surface area contributed by atoms with Crippen molar-refractivity contribution in [1.82, 2.24) is 14.9 Å². The molecule has 0 amide bonds. The molecule has 0 atom stereocenters. The third-order valence-corrected chi connectivity index (χ3v) is 3.67. The van der Waals surface area contributed by atoms with Crippen molar-refractivity contribution in [2.45, 2.75) is 13.8 Å². The van der Waals surface area contributed by atoms with Gasteiger partial charge in [0.05, 0.1) is 11.6 Å². The molecule has 0 saturated heterocycles. The van der Waals surface area contributed by atoms with Crippen LogP contribution >= 0.6 is 0 Å².